The molecule has 116 valence electrons. The number of amides is 1. The van der Waals surface area contributed by atoms with Crippen LogP contribution in [0.25, 0.3) is 0 Å². The Labute approximate surface area is 133 Å². The minimum Gasteiger partial charge on any atom is -0.482 e. The number of carbonyl (C=O) groups excluding carboxylic acids is 1. The smallest absolute Gasteiger partial charge is 0.277 e. The van der Waals surface area contributed by atoms with E-state index in [4.69, 9.17) is 10.00 Å². The second-order valence-electron chi connectivity index (χ2n) is 4.64. The van der Waals surface area contributed by atoms with Gasteiger partial charge in [-0.05, 0) is 36.8 Å². The number of carbonyl (C=O) groups is 1. The number of ether oxygens (including phenoxy) is 1. The Kier molecular flexibility index (Phi) is 5.42. The Hall–Kier alpha value is -3.20. The van der Waals surface area contributed by atoms with Crippen molar-refractivity contribution < 1.29 is 13.9 Å². The fraction of sp³-hybridized carbons (Fsp3) is 0.118. The van der Waals surface area contributed by atoms with Crippen LogP contribution in [0.15, 0.2) is 53.6 Å². The third-order valence-corrected chi connectivity index (χ3v) is 2.98. The van der Waals surface area contributed by atoms with E-state index in [-0.39, 0.29) is 12.4 Å². The summed E-state index contributed by atoms with van der Waals surface area (Å²) in [5.74, 6) is -0.460. The molecule has 0 saturated heterocycles. The number of halogens is 1. The van der Waals surface area contributed by atoms with E-state index in [0.29, 0.717) is 22.6 Å². The molecule has 1 N–H and O–H groups in total. The molecule has 23 heavy (non-hydrogen) atoms. The molecule has 0 fully saturated rings. The van der Waals surface area contributed by atoms with Crippen LogP contribution in [0.1, 0.15) is 18.1 Å². The molecule has 0 bridgehead atoms. The van der Waals surface area contributed by atoms with Crippen molar-refractivity contribution in [2.24, 2.45) is 5.10 Å². The Bertz CT molecular complexity index is 764. The molecule has 2 aromatic carbocycles. The molecule has 0 aliphatic heterocycles. The number of benzene rings is 2. The molecule has 0 spiro atoms. The predicted molar refractivity (Wildman–Crippen MR) is 83.4 cm³/mol. The van der Waals surface area contributed by atoms with Crippen molar-refractivity contribution in [3.63, 3.8) is 0 Å². The molecule has 0 aromatic heterocycles. The van der Waals surface area contributed by atoms with Gasteiger partial charge in [0.05, 0.1) is 11.3 Å². The van der Waals surface area contributed by atoms with Crippen LogP contribution in [-0.2, 0) is 4.79 Å². The van der Waals surface area contributed by atoms with Crippen LogP contribution in [-0.4, -0.2) is 18.2 Å². The first-order chi connectivity index (χ1) is 11.1. The zero-order chi connectivity index (χ0) is 16.7. The third kappa shape index (κ3) is 4.64. The highest BCUT2D eigenvalue weighted by Crippen LogP contribution is 2.16. The normalized spacial score (nSPS) is 10.7. The minimum atomic E-state index is -0.459. The van der Waals surface area contributed by atoms with Crippen LogP contribution in [0.3, 0.4) is 0 Å². The summed E-state index contributed by atoms with van der Waals surface area (Å²) in [5.41, 5.74) is 3.94. The lowest BCUT2D eigenvalue weighted by Gasteiger charge is -2.07. The van der Waals surface area contributed by atoms with Gasteiger partial charge in [0.15, 0.2) is 6.61 Å². The molecule has 0 aliphatic carbocycles. The maximum atomic E-state index is 12.8. The average Bonchev–Trinajstić information content (AvgIpc) is 2.58. The average molecular weight is 311 g/mol. The highest BCUT2D eigenvalue weighted by molar-refractivity contribution is 5.99. The Morgan fingerprint density at radius 1 is 1.26 bits per heavy atom. The Balaban J connectivity index is 1.91. The fourth-order valence-electron chi connectivity index (χ4n) is 1.76. The SMILES string of the molecule is CC(=NNC(=O)COc1ccccc1C#N)c1ccc(F)cc1. The summed E-state index contributed by atoms with van der Waals surface area (Å²) in [6, 6.07) is 14.4. The molecular formula is C17H14FN3O2. The van der Waals surface area contributed by atoms with Gasteiger partial charge in [-0.3, -0.25) is 4.79 Å². The van der Waals surface area contributed by atoms with Gasteiger partial charge >= 0.3 is 0 Å². The van der Waals surface area contributed by atoms with Crippen molar-refractivity contribution in [1.29, 1.82) is 5.26 Å². The minimum absolute atomic E-state index is 0.265. The van der Waals surface area contributed by atoms with Crippen LogP contribution in [0.2, 0.25) is 0 Å². The first-order valence-electron chi connectivity index (χ1n) is 6.81. The Morgan fingerprint density at radius 3 is 2.65 bits per heavy atom. The number of hydrazone groups is 1. The third-order valence-electron chi connectivity index (χ3n) is 2.98. The van der Waals surface area contributed by atoms with Crippen LogP contribution >= 0.6 is 0 Å². The van der Waals surface area contributed by atoms with Gasteiger partial charge in [0.1, 0.15) is 17.6 Å². The first kappa shape index (κ1) is 16.2. The highest BCUT2D eigenvalue weighted by Gasteiger charge is 2.06. The molecule has 6 heteroatoms. The van der Waals surface area contributed by atoms with Crippen molar-refractivity contribution in [2.75, 3.05) is 6.61 Å². The Morgan fingerprint density at radius 2 is 1.96 bits per heavy atom. The second kappa shape index (κ2) is 7.71. The summed E-state index contributed by atoms with van der Waals surface area (Å²) < 4.78 is 18.1. The van der Waals surface area contributed by atoms with Crippen molar-refractivity contribution in [3.05, 3.63) is 65.5 Å². The topological polar surface area (TPSA) is 74.5 Å². The monoisotopic (exact) mass is 311 g/mol. The van der Waals surface area contributed by atoms with Gasteiger partial charge in [-0.2, -0.15) is 10.4 Å². The number of nitrogens with one attached hydrogen (secondary N) is 1. The number of para-hydroxylation sites is 1. The molecular weight excluding hydrogens is 297 g/mol. The van der Waals surface area contributed by atoms with Gasteiger partial charge in [-0.15, -0.1) is 0 Å². The summed E-state index contributed by atoms with van der Waals surface area (Å²) in [7, 11) is 0. The van der Waals surface area contributed by atoms with Gasteiger partial charge in [0, 0.05) is 0 Å². The number of nitriles is 1. The van der Waals surface area contributed by atoms with Gasteiger partial charge in [-0.25, -0.2) is 9.82 Å². The van der Waals surface area contributed by atoms with Crippen molar-refractivity contribution in [2.45, 2.75) is 6.92 Å². The zero-order valence-corrected chi connectivity index (χ0v) is 12.4. The van der Waals surface area contributed by atoms with E-state index < -0.39 is 5.91 Å². The summed E-state index contributed by atoms with van der Waals surface area (Å²) in [4.78, 5) is 11.7. The quantitative estimate of drug-likeness (QED) is 0.681. The number of hydrogen-bond donors (Lipinski definition) is 1. The lowest BCUT2D eigenvalue weighted by atomic mass is 10.1. The fourth-order valence-corrected chi connectivity index (χ4v) is 1.76. The molecule has 1 amide bonds. The molecule has 0 heterocycles. The van der Waals surface area contributed by atoms with Gasteiger partial charge in [0.25, 0.3) is 5.91 Å². The second-order valence-corrected chi connectivity index (χ2v) is 4.64. The molecule has 0 aliphatic rings. The van der Waals surface area contributed by atoms with Crippen molar-refractivity contribution >= 4 is 11.6 Å². The summed E-state index contributed by atoms with van der Waals surface area (Å²) in [5, 5.41) is 12.9. The number of hydrogen-bond acceptors (Lipinski definition) is 4. The molecule has 2 aromatic rings. The maximum absolute atomic E-state index is 12.8. The van der Waals surface area contributed by atoms with Crippen LogP contribution in [0.5, 0.6) is 5.75 Å². The molecule has 0 radical (unpaired) electrons. The molecule has 0 atom stereocenters. The van der Waals surface area contributed by atoms with E-state index in [1.165, 1.54) is 12.1 Å². The standard InChI is InChI=1S/C17H14FN3O2/c1-12(13-6-8-15(18)9-7-13)20-21-17(22)11-23-16-5-3-2-4-14(16)10-19/h2-9H,11H2,1H3,(H,21,22). The molecule has 2 rings (SSSR count). The van der Waals surface area contributed by atoms with Gasteiger partial charge in [-0.1, -0.05) is 24.3 Å². The highest BCUT2D eigenvalue weighted by atomic mass is 19.1. The van der Waals surface area contributed by atoms with E-state index in [0.717, 1.165) is 0 Å². The van der Waals surface area contributed by atoms with E-state index in [1.54, 1.807) is 43.3 Å². The number of nitrogens with zero attached hydrogens (tertiary/aromatic N) is 2. The summed E-state index contributed by atoms with van der Waals surface area (Å²) in [6.45, 7) is 1.43. The maximum Gasteiger partial charge on any atom is 0.277 e. The molecule has 0 unspecified atom stereocenters. The van der Waals surface area contributed by atoms with Crippen LogP contribution < -0.4 is 10.2 Å². The van der Waals surface area contributed by atoms with Gasteiger partial charge < -0.3 is 4.74 Å². The zero-order valence-electron chi connectivity index (χ0n) is 12.4. The van der Waals surface area contributed by atoms with E-state index in [9.17, 15) is 9.18 Å². The number of rotatable bonds is 5. The van der Waals surface area contributed by atoms with Crippen molar-refractivity contribution in [3.8, 4) is 11.8 Å². The van der Waals surface area contributed by atoms with Crippen LogP contribution in [0.4, 0.5) is 4.39 Å². The first-order valence-corrected chi connectivity index (χ1v) is 6.81. The molecule has 0 saturated carbocycles. The summed E-state index contributed by atoms with van der Waals surface area (Å²) in [6.07, 6.45) is 0. The van der Waals surface area contributed by atoms with E-state index in [2.05, 4.69) is 10.5 Å². The van der Waals surface area contributed by atoms with E-state index >= 15 is 0 Å². The lowest BCUT2D eigenvalue weighted by molar-refractivity contribution is -0.123. The van der Waals surface area contributed by atoms with Crippen LogP contribution in [0, 0.1) is 17.1 Å². The lowest BCUT2D eigenvalue weighted by Crippen LogP contribution is -2.25. The van der Waals surface area contributed by atoms with Crippen molar-refractivity contribution in [1.82, 2.24) is 5.43 Å². The predicted octanol–water partition coefficient (Wildman–Crippen LogP) is 2.62. The summed E-state index contributed by atoms with van der Waals surface area (Å²) >= 11 is 0. The van der Waals surface area contributed by atoms with E-state index in [1.807, 2.05) is 6.07 Å². The molecule has 5 nitrogen and oxygen atoms in total. The largest absolute Gasteiger partial charge is 0.482 e. The van der Waals surface area contributed by atoms with Gasteiger partial charge in [0.2, 0.25) is 0 Å².